The smallest absolute Gasteiger partial charge is 0.417 e. The van der Waals surface area contributed by atoms with Crippen molar-refractivity contribution in [2.75, 3.05) is 6.61 Å². The van der Waals surface area contributed by atoms with E-state index in [1.165, 1.54) is 6.07 Å². The molecule has 0 spiro atoms. The molecule has 136 valence electrons. The van der Waals surface area contributed by atoms with Crippen LogP contribution in [0.5, 0.6) is 5.75 Å². The van der Waals surface area contributed by atoms with Gasteiger partial charge in [0, 0.05) is 30.4 Å². The molecule has 2 heterocycles. The van der Waals surface area contributed by atoms with Gasteiger partial charge in [0.1, 0.15) is 11.3 Å². The summed E-state index contributed by atoms with van der Waals surface area (Å²) in [5.74, 6) is 0.116. The van der Waals surface area contributed by atoms with Crippen LogP contribution < -0.4 is 10.4 Å². The summed E-state index contributed by atoms with van der Waals surface area (Å²) in [6.45, 7) is -0.293. The van der Waals surface area contributed by atoms with Gasteiger partial charge in [-0.2, -0.15) is 13.2 Å². The van der Waals surface area contributed by atoms with Gasteiger partial charge in [-0.25, -0.2) is 4.79 Å². The van der Waals surface area contributed by atoms with E-state index >= 15 is 0 Å². The van der Waals surface area contributed by atoms with E-state index in [4.69, 9.17) is 19.0 Å². The van der Waals surface area contributed by atoms with Crippen LogP contribution in [0.4, 0.5) is 13.2 Å². The summed E-state index contributed by atoms with van der Waals surface area (Å²) in [6, 6.07) is 3.98. The number of hydrogen-bond acceptors (Lipinski definition) is 6. The Morgan fingerprint density at radius 1 is 1.24 bits per heavy atom. The second-order valence-corrected chi connectivity index (χ2v) is 5.75. The fourth-order valence-electron chi connectivity index (χ4n) is 2.74. The van der Waals surface area contributed by atoms with Gasteiger partial charge in [-0.1, -0.05) is 0 Å². The average molecular weight is 360 g/mol. The fraction of sp³-hybridized carbons (Fsp3) is 0.438. The summed E-state index contributed by atoms with van der Waals surface area (Å²) in [7, 11) is 0. The first-order valence-corrected chi connectivity index (χ1v) is 7.52. The molecule has 1 aromatic carbocycles. The molecular formula is C16H15F3O6. The maximum Gasteiger partial charge on any atom is 0.417 e. The number of ether oxygens (including phenoxy) is 2. The Balaban J connectivity index is 1.90. The van der Waals surface area contributed by atoms with Gasteiger partial charge in [0.05, 0.1) is 24.4 Å². The molecule has 3 unspecified atom stereocenters. The van der Waals surface area contributed by atoms with Crippen molar-refractivity contribution < 1.29 is 37.3 Å². The van der Waals surface area contributed by atoms with Crippen LogP contribution in [-0.4, -0.2) is 35.3 Å². The standard InChI is InChI=1S/C16H15F3O6/c17-16(18,19)12-6-14(22)25-13-5-9(1-2-11(12)13)23-15-4-8(21)3-10(7-20)24-15/h1-2,5-6,8,10,15,20-21H,3-4,7H2. The minimum atomic E-state index is -4.69. The first kappa shape index (κ1) is 17.7. The molecule has 2 N–H and O–H groups in total. The highest BCUT2D eigenvalue weighted by atomic mass is 19.4. The molecule has 0 amide bonds. The van der Waals surface area contributed by atoms with E-state index in [0.29, 0.717) is 6.07 Å². The Hall–Kier alpha value is -2.10. The van der Waals surface area contributed by atoms with Crippen molar-refractivity contribution in [3.8, 4) is 5.75 Å². The molecule has 9 heteroatoms. The highest BCUT2D eigenvalue weighted by molar-refractivity contribution is 5.82. The third-order valence-corrected chi connectivity index (χ3v) is 3.84. The van der Waals surface area contributed by atoms with E-state index in [0.717, 1.165) is 12.1 Å². The third-order valence-electron chi connectivity index (χ3n) is 3.84. The maximum atomic E-state index is 13.0. The van der Waals surface area contributed by atoms with Gasteiger partial charge >= 0.3 is 11.8 Å². The molecule has 1 aliphatic heterocycles. The number of alkyl halides is 3. The van der Waals surface area contributed by atoms with Crippen molar-refractivity contribution >= 4 is 11.0 Å². The van der Waals surface area contributed by atoms with E-state index in [1.54, 1.807) is 0 Å². The van der Waals surface area contributed by atoms with Crippen molar-refractivity contribution in [3.05, 3.63) is 40.2 Å². The number of aliphatic hydroxyl groups excluding tert-OH is 2. The predicted molar refractivity (Wildman–Crippen MR) is 79.1 cm³/mol. The molecule has 3 rings (SSSR count). The minimum Gasteiger partial charge on any atom is -0.465 e. The molecular weight excluding hydrogens is 345 g/mol. The second-order valence-electron chi connectivity index (χ2n) is 5.75. The molecule has 6 nitrogen and oxygen atoms in total. The zero-order valence-corrected chi connectivity index (χ0v) is 12.8. The van der Waals surface area contributed by atoms with Gasteiger partial charge in [-0.15, -0.1) is 0 Å². The van der Waals surface area contributed by atoms with E-state index in [2.05, 4.69) is 0 Å². The van der Waals surface area contributed by atoms with E-state index in [9.17, 15) is 23.1 Å². The monoisotopic (exact) mass is 360 g/mol. The van der Waals surface area contributed by atoms with Gasteiger partial charge in [0.2, 0.25) is 6.29 Å². The highest BCUT2D eigenvalue weighted by Gasteiger charge is 2.34. The lowest BCUT2D eigenvalue weighted by Crippen LogP contribution is -2.40. The Morgan fingerprint density at radius 2 is 2.00 bits per heavy atom. The number of benzene rings is 1. The van der Waals surface area contributed by atoms with Crippen LogP contribution in [0.25, 0.3) is 11.0 Å². The van der Waals surface area contributed by atoms with Crippen molar-refractivity contribution in [3.63, 3.8) is 0 Å². The molecule has 3 atom stereocenters. The first-order chi connectivity index (χ1) is 11.8. The predicted octanol–water partition coefficient (Wildman–Crippen LogP) is 2.05. The van der Waals surface area contributed by atoms with Gasteiger partial charge in [0.25, 0.3) is 0 Å². The zero-order chi connectivity index (χ0) is 18.2. The lowest BCUT2D eigenvalue weighted by Gasteiger charge is -2.32. The lowest BCUT2D eigenvalue weighted by atomic mass is 10.1. The summed E-state index contributed by atoms with van der Waals surface area (Å²) < 4.78 is 54.8. The molecule has 1 aliphatic rings. The average Bonchev–Trinajstić information content (AvgIpc) is 2.52. The number of halogens is 3. The van der Waals surface area contributed by atoms with E-state index < -0.39 is 35.9 Å². The summed E-state index contributed by atoms with van der Waals surface area (Å²) in [5, 5.41) is 18.6. The molecule has 1 fully saturated rings. The maximum absolute atomic E-state index is 13.0. The quantitative estimate of drug-likeness (QED) is 0.815. The number of rotatable bonds is 3. The van der Waals surface area contributed by atoms with E-state index in [1.807, 2.05) is 0 Å². The lowest BCUT2D eigenvalue weighted by molar-refractivity contribution is -0.184. The van der Waals surface area contributed by atoms with Crippen molar-refractivity contribution in [2.45, 2.75) is 37.5 Å². The highest BCUT2D eigenvalue weighted by Crippen LogP contribution is 2.35. The van der Waals surface area contributed by atoms with Crippen LogP contribution in [0.2, 0.25) is 0 Å². The Kier molecular flexibility index (Phi) is 4.72. The summed E-state index contributed by atoms with van der Waals surface area (Å²) in [4.78, 5) is 11.4. The van der Waals surface area contributed by atoms with Gasteiger partial charge in [-0.3, -0.25) is 0 Å². The Morgan fingerprint density at radius 3 is 2.68 bits per heavy atom. The minimum absolute atomic E-state index is 0.116. The normalized spacial score (nSPS) is 24.4. The third kappa shape index (κ3) is 3.94. The van der Waals surface area contributed by atoms with Crippen molar-refractivity contribution in [1.29, 1.82) is 0 Å². The fourth-order valence-corrected chi connectivity index (χ4v) is 2.74. The van der Waals surface area contributed by atoms with E-state index in [-0.39, 0.29) is 36.2 Å². The zero-order valence-electron chi connectivity index (χ0n) is 12.8. The number of hydrogen-bond donors (Lipinski definition) is 2. The molecule has 0 aliphatic carbocycles. The van der Waals surface area contributed by atoms with Crippen molar-refractivity contribution in [2.24, 2.45) is 0 Å². The number of aliphatic hydroxyl groups is 2. The Bertz CT molecular complexity index is 816. The Labute approximate surface area is 139 Å². The summed E-state index contributed by atoms with van der Waals surface area (Å²) >= 11 is 0. The summed E-state index contributed by atoms with van der Waals surface area (Å²) in [6.07, 6.45) is -6.49. The van der Waals surface area contributed by atoms with Crippen molar-refractivity contribution in [1.82, 2.24) is 0 Å². The molecule has 25 heavy (non-hydrogen) atoms. The number of fused-ring (bicyclic) bond motifs is 1. The van der Waals surface area contributed by atoms with Gasteiger partial charge in [-0.05, 0) is 12.1 Å². The molecule has 1 aromatic heterocycles. The summed E-state index contributed by atoms with van der Waals surface area (Å²) in [5.41, 5.74) is -2.48. The molecule has 0 saturated carbocycles. The first-order valence-electron chi connectivity index (χ1n) is 7.52. The SMILES string of the molecule is O=c1cc(C(F)(F)F)c2ccc(OC3CC(O)CC(CO)O3)cc2o1. The molecule has 0 radical (unpaired) electrons. The van der Waals surface area contributed by atoms with Crippen LogP contribution >= 0.6 is 0 Å². The molecule has 0 bridgehead atoms. The van der Waals surface area contributed by atoms with Gasteiger partial charge in [0.15, 0.2) is 0 Å². The second kappa shape index (κ2) is 6.66. The van der Waals surface area contributed by atoms with Crippen LogP contribution in [0.15, 0.2) is 33.5 Å². The van der Waals surface area contributed by atoms with Crippen LogP contribution in [0.1, 0.15) is 18.4 Å². The van der Waals surface area contributed by atoms with Gasteiger partial charge < -0.3 is 24.1 Å². The van der Waals surface area contributed by atoms with Crippen LogP contribution in [-0.2, 0) is 10.9 Å². The topological polar surface area (TPSA) is 89.1 Å². The largest absolute Gasteiger partial charge is 0.465 e. The molecule has 2 aromatic rings. The van der Waals surface area contributed by atoms with Crippen LogP contribution in [0, 0.1) is 0 Å². The van der Waals surface area contributed by atoms with Crippen LogP contribution in [0.3, 0.4) is 0 Å². The molecule has 1 saturated heterocycles.